The normalized spacial score (nSPS) is 15.9. The minimum absolute atomic E-state index is 0.0476. The van der Waals surface area contributed by atoms with Crippen molar-refractivity contribution in [3.05, 3.63) is 47.0 Å². The Balaban J connectivity index is 1.78. The summed E-state index contributed by atoms with van der Waals surface area (Å²) < 4.78 is 40.8. The maximum Gasteiger partial charge on any atom is 0.408 e. The summed E-state index contributed by atoms with van der Waals surface area (Å²) in [4.78, 5) is 19.1. The van der Waals surface area contributed by atoms with Crippen LogP contribution in [0.4, 0.5) is 18.3 Å². The molecule has 3 rings (SSSR count). The van der Waals surface area contributed by atoms with Gasteiger partial charge in [-0.15, -0.1) is 11.3 Å². The van der Waals surface area contributed by atoms with E-state index >= 15 is 0 Å². The van der Waals surface area contributed by atoms with E-state index in [0.717, 1.165) is 12.8 Å². The molecule has 2 aromatic rings. The van der Waals surface area contributed by atoms with E-state index in [1.54, 1.807) is 28.5 Å². The van der Waals surface area contributed by atoms with Crippen molar-refractivity contribution >= 4 is 22.4 Å². The topological polar surface area (TPSA) is 36.4 Å². The lowest BCUT2D eigenvalue weighted by Crippen LogP contribution is -2.35. The number of halogens is 3. The first-order valence-corrected chi connectivity index (χ1v) is 9.21. The zero-order valence-electron chi connectivity index (χ0n) is 14.5. The molecule has 1 heterocycles. The summed E-state index contributed by atoms with van der Waals surface area (Å²) in [5.41, 5.74) is 0.728. The summed E-state index contributed by atoms with van der Waals surface area (Å²) in [7, 11) is 1.44. The second-order valence-corrected chi connectivity index (χ2v) is 7.35. The molecule has 0 aliphatic heterocycles. The van der Waals surface area contributed by atoms with Crippen LogP contribution >= 0.6 is 11.3 Å². The number of benzene rings is 1. The Morgan fingerprint density at radius 1 is 1.31 bits per heavy atom. The van der Waals surface area contributed by atoms with Gasteiger partial charge >= 0.3 is 6.18 Å². The predicted molar refractivity (Wildman–Crippen MR) is 95.0 cm³/mol. The van der Waals surface area contributed by atoms with Gasteiger partial charge in [0.05, 0.1) is 5.69 Å². The Labute approximate surface area is 154 Å². The lowest BCUT2D eigenvalue weighted by atomic mass is 10.1. The van der Waals surface area contributed by atoms with Crippen molar-refractivity contribution in [3.63, 3.8) is 0 Å². The zero-order chi connectivity index (χ0) is 18.9. The minimum atomic E-state index is -4.39. The van der Waals surface area contributed by atoms with Crippen LogP contribution in [0.5, 0.6) is 0 Å². The highest BCUT2D eigenvalue weighted by Crippen LogP contribution is 2.38. The van der Waals surface area contributed by atoms with Gasteiger partial charge in [0.1, 0.15) is 6.04 Å². The molecule has 1 atom stereocenters. The fourth-order valence-electron chi connectivity index (χ4n) is 3.04. The van der Waals surface area contributed by atoms with Crippen molar-refractivity contribution in [1.29, 1.82) is 0 Å². The number of hydrogen-bond donors (Lipinski definition) is 0. The molecule has 0 bridgehead atoms. The zero-order valence-corrected chi connectivity index (χ0v) is 15.3. The number of rotatable bonds is 6. The molecule has 0 N–H and O–H groups in total. The first-order valence-electron chi connectivity index (χ1n) is 8.33. The maximum atomic E-state index is 13.6. The molecule has 1 saturated carbocycles. The predicted octanol–water partition coefficient (Wildman–Crippen LogP) is 4.39. The summed E-state index contributed by atoms with van der Waals surface area (Å²) in [5, 5.41) is 2.29. The molecule has 1 amide bonds. The third kappa shape index (κ3) is 4.24. The molecule has 4 nitrogen and oxygen atoms in total. The van der Waals surface area contributed by atoms with Crippen molar-refractivity contribution in [1.82, 2.24) is 9.88 Å². The van der Waals surface area contributed by atoms with Gasteiger partial charge in [-0.05, 0) is 25.5 Å². The van der Waals surface area contributed by atoms with Crippen molar-refractivity contribution in [3.8, 4) is 0 Å². The monoisotopic (exact) mass is 383 g/mol. The van der Waals surface area contributed by atoms with Crippen LogP contribution in [-0.4, -0.2) is 35.1 Å². The van der Waals surface area contributed by atoms with Gasteiger partial charge < -0.3 is 0 Å². The van der Waals surface area contributed by atoms with E-state index in [-0.39, 0.29) is 24.1 Å². The highest BCUT2D eigenvalue weighted by atomic mass is 32.1. The molecule has 1 unspecified atom stereocenters. The van der Waals surface area contributed by atoms with Crippen molar-refractivity contribution in [2.24, 2.45) is 0 Å². The number of alkyl halides is 3. The SMILES string of the molecule is CC(=O)N(c1nc(CN(C)C(c2ccccc2)C(F)(F)F)cs1)C1CC1. The molecular formula is C18H20F3N3OS. The van der Waals surface area contributed by atoms with E-state index in [2.05, 4.69) is 4.98 Å². The molecule has 1 aromatic heterocycles. The Bertz CT molecular complexity index is 759. The van der Waals surface area contributed by atoms with Crippen LogP contribution in [0.25, 0.3) is 0 Å². The molecule has 1 aliphatic rings. The van der Waals surface area contributed by atoms with Crippen LogP contribution in [-0.2, 0) is 11.3 Å². The quantitative estimate of drug-likeness (QED) is 0.742. The average Bonchev–Trinajstić information content (AvgIpc) is 3.26. The summed E-state index contributed by atoms with van der Waals surface area (Å²) in [5.74, 6) is -0.0841. The van der Waals surface area contributed by atoms with Gasteiger partial charge in [-0.25, -0.2) is 4.98 Å². The molecule has 0 radical (unpaired) electrons. The number of amides is 1. The van der Waals surface area contributed by atoms with Gasteiger partial charge in [0, 0.05) is 24.9 Å². The smallest absolute Gasteiger partial charge is 0.286 e. The summed E-state index contributed by atoms with van der Waals surface area (Å²) >= 11 is 1.30. The van der Waals surface area contributed by atoms with Crippen LogP contribution in [0.2, 0.25) is 0 Å². The van der Waals surface area contributed by atoms with E-state index < -0.39 is 12.2 Å². The number of carbonyl (C=O) groups is 1. The van der Waals surface area contributed by atoms with Crippen LogP contribution in [0.1, 0.15) is 37.1 Å². The molecule has 140 valence electrons. The minimum Gasteiger partial charge on any atom is -0.286 e. The third-order valence-electron chi connectivity index (χ3n) is 4.27. The number of aromatic nitrogens is 1. The number of carbonyl (C=O) groups excluding carboxylic acids is 1. The van der Waals surface area contributed by atoms with Gasteiger partial charge in [0.2, 0.25) is 5.91 Å². The molecular weight excluding hydrogens is 363 g/mol. The standard InChI is InChI=1S/C18H20F3N3OS/c1-12(25)24(15-8-9-15)17-22-14(11-26-17)10-23(2)16(18(19,20)21)13-6-4-3-5-7-13/h3-7,11,15-16H,8-10H2,1-2H3. The molecule has 1 fully saturated rings. The third-order valence-corrected chi connectivity index (χ3v) is 5.16. The molecule has 8 heteroatoms. The molecule has 1 aromatic carbocycles. The van der Waals surface area contributed by atoms with E-state index in [1.165, 1.54) is 42.3 Å². The molecule has 26 heavy (non-hydrogen) atoms. The lowest BCUT2D eigenvalue weighted by molar-refractivity contribution is -0.184. The van der Waals surface area contributed by atoms with Crippen LogP contribution in [0, 0.1) is 0 Å². The largest absolute Gasteiger partial charge is 0.408 e. The van der Waals surface area contributed by atoms with Gasteiger partial charge in [0.15, 0.2) is 5.13 Å². The van der Waals surface area contributed by atoms with Crippen LogP contribution in [0.15, 0.2) is 35.7 Å². The fourth-order valence-corrected chi connectivity index (χ4v) is 3.97. The van der Waals surface area contributed by atoms with Gasteiger partial charge in [-0.3, -0.25) is 14.6 Å². The molecule has 0 saturated heterocycles. The Morgan fingerprint density at radius 2 is 1.96 bits per heavy atom. The summed E-state index contributed by atoms with van der Waals surface area (Å²) in [6.45, 7) is 1.53. The highest BCUT2D eigenvalue weighted by Gasteiger charge is 2.43. The van der Waals surface area contributed by atoms with Gasteiger partial charge in [0.25, 0.3) is 0 Å². The van der Waals surface area contributed by atoms with Crippen molar-refractivity contribution in [2.45, 2.75) is 44.6 Å². The van der Waals surface area contributed by atoms with Crippen molar-refractivity contribution in [2.75, 3.05) is 11.9 Å². The first kappa shape index (κ1) is 18.8. The molecule has 0 spiro atoms. The fraction of sp³-hybridized carbons (Fsp3) is 0.444. The number of thiazole rings is 1. The highest BCUT2D eigenvalue weighted by molar-refractivity contribution is 7.14. The van der Waals surface area contributed by atoms with Crippen LogP contribution in [0.3, 0.4) is 0 Å². The van der Waals surface area contributed by atoms with E-state index in [9.17, 15) is 18.0 Å². The second kappa shape index (κ2) is 7.36. The van der Waals surface area contributed by atoms with Gasteiger partial charge in [-0.1, -0.05) is 30.3 Å². The van der Waals surface area contributed by atoms with Crippen LogP contribution < -0.4 is 4.90 Å². The Kier molecular flexibility index (Phi) is 5.34. The maximum absolute atomic E-state index is 13.6. The first-order chi connectivity index (χ1) is 12.3. The number of hydrogen-bond acceptors (Lipinski definition) is 4. The van der Waals surface area contributed by atoms with E-state index in [1.807, 2.05) is 0 Å². The number of nitrogens with zero attached hydrogens (tertiary/aromatic N) is 3. The lowest BCUT2D eigenvalue weighted by Gasteiger charge is -2.29. The van der Waals surface area contributed by atoms with Crippen molar-refractivity contribution < 1.29 is 18.0 Å². The molecule has 1 aliphatic carbocycles. The average molecular weight is 383 g/mol. The van der Waals surface area contributed by atoms with E-state index in [4.69, 9.17) is 0 Å². The Hall–Kier alpha value is -1.93. The van der Waals surface area contributed by atoms with E-state index in [0.29, 0.717) is 10.8 Å². The second-order valence-electron chi connectivity index (χ2n) is 6.51. The van der Waals surface area contributed by atoms with Gasteiger partial charge in [-0.2, -0.15) is 13.2 Å². The summed E-state index contributed by atoms with van der Waals surface area (Å²) in [6, 6.07) is 6.32. The number of anilines is 1. The summed E-state index contributed by atoms with van der Waals surface area (Å²) in [6.07, 6.45) is -2.51. The Morgan fingerprint density at radius 3 is 2.50 bits per heavy atom.